The van der Waals surface area contributed by atoms with Crippen molar-refractivity contribution < 1.29 is 9.90 Å². The average Bonchev–Trinajstić information content (AvgIpc) is 2.85. The van der Waals surface area contributed by atoms with Crippen molar-refractivity contribution in [1.82, 2.24) is 9.55 Å². The van der Waals surface area contributed by atoms with Crippen LogP contribution in [-0.4, -0.2) is 20.6 Å². The van der Waals surface area contributed by atoms with Gasteiger partial charge in [-0.1, -0.05) is 12.8 Å². The van der Waals surface area contributed by atoms with E-state index >= 15 is 0 Å². The molecule has 1 aliphatic carbocycles. The molecule has 0 amide bonds. The number of hydrogen-bond donors (Lipinski definition) is 1. The summed E-state index contributed by atoms with van der Waals surface area (Å²) in [6, 6.07) is 0. The maximum atomic E-state index is 10.5. The Labute approximate surface area is 88.9 Å². The predicted molar refractivity (Wildman–Crippen MR) is 55.7 cm³/mol. The van der Waals surface area contributed by atoms with Crippen LogP contribution in [0, 0.1) is 0 Å². The van der Waals surface area contributed by atoms with Crippen molar-refractivity contribution in [2.45, 2.75) is 44.6 Å². The molecule has 0 aliphatic heterocycles. The minimum Gasteiger partial charge on any atom is -0.481 e. The van der Waals surface area contributed by atoms with Gasteiger partial charge >= 0.3 is 5.97 Å². The normalized spacial score (nSPS) is 17.1. The second kappa shape index (κ2) is 4.47. The van der Waals surface area contributed by atoms with Gasteiger partial charge in [-0.25, -0.2) is 4.98 Å². The molecule has 0 aromatic carbocycles. The van der Waals surface area contributed by atoms with Gasteiger partial charge in [0, 0.05) is 24.4 Å². The Balaban J connectivity index is 2.04. The number of imidazole rings is 1. The third-order valence-electron chi connectivity index (χ3n) is 3.08. The van der Waals surface area contributed by atoms with E-state index in [1.54, 1.807) is 6.33 Å². The largest absolute Gasteiger partial charge is 0.481 e. The van der Waals surface area contributed by atoms with Crippen molar-refractivity contribution in [2.24, 2.45) is 0 Å². The van der Waals surface area contributed by atoms with E-state index < -0.39 is 5.97 Å². The molecule has 1 fully saturated rings. The van der Waals surface area contributed by atoms with Crippen molar-refractivity contribution in [3.05, 3.63) is 18.2 Å². The Kier molecular flexibility index (Phi) is 3.04. The second-order valence-electron chi connectivity index (χ2n) is 4.14. The first-order chi connectivity index (χ1) is 7.27. The zero-order valence-corrected chi connectivity index (χ0v) is 8.72. The van der Waals surface area contributed by atoms with Crippen LogP contribution in [0.2, 0.25) is 0 Å². The van der Waals surface area contributed by atoms with E-state index in [4.69, 9.17) is 5.11 Å². The summed E-state index contributed by atoms with van der Waals surface area (Å²) in [7, 11) is 0. The summed E-state index contributed by atoms with van der Waals surface area (Å²) in [5, 5.41) is 8.63. The van der Waals surface area contributed by atoms with Gasteiger partial charge in [0.25, 0.3) is 0 Å². The molecule has 1 aromatic heterocycles. The summed E-state index contributed by atoms with van der Waals surface area (Å²) < 4.78 is 1.99. The molecule has 1 saturated carbocycles. The first-order valence-corrected chi connectivity index (χ1v) is 5.49. The highest BCUT2D eigenvalue weighted by atomic mass is 16.4. The molecule has 15 heavy (non-hydrogen) atoms. The minimum absolute atomic E-state index is 0.177. The van der Waals surface area contributed by atoms with Gasteiger partial charge in [0.05, 0.1) is 12.7 Å². The quantitative estimate of drug-likeness (QED) is 0.823. The van der Waals surface area contributed by atoms with Crippen molar-refractivity contribution in [2.75, 3.05) is 0 Å². The summed E-state index contributed by atoms with van der Waals surface area (Å²) >= 11 is 0. The molecule has 4 heteroatoms. The molecule has 0 radical (unpaired) electrons. The van der Waals surface area contributed by atoms with Gasteiger partial charge in [-0.15, -0.1) is 0 Å². The Morgan fingerprint density at radius 3 is 2.93 bits per heavy atom. The summed E-state index contributed by atoms with van der Waals surface area (Å²) in [5.74, 6) is -0.151. The highest BCUT2D eigenvalue weighted by Gasteiger charge is 2.20. The molecule has 0 atom stereocenters. The third kappa shape index (κ3) is 2.37. The Morgan fingerprint density at radius 1 is 1.53 bits per heavy atom. The van der Waals surface area contributed by atoms with Crippen LogP contribution in [0.25, 0.3) is 0 Å². The highest BCUT2D eigenvalue weighted by molar-refractivity contribution is 5.66. The molecule has 1 N–H and O–H groups in total. The predicted octanol–water partition coefficient (Wildman–Crippen LogP) is 2.02. The standard InChI is InChI=1S/C11H16N2O2/c14-11(15)5-6-13-8-12-7-10(13)9-3-1-2-4-9/h7-9H,1-6H2,(H,14,15). The number of aromatic nitrogens is 2. The van der Waals surface area contributed by atoms with Gasteiger partial charge in [-0.2, -0.15) is 0 Å². The molecule has 1 aromatic rings. The zero-order chi connectivity index (χ0) is 10.7. The van der Waals surface area contributed by atoms with Crippen LogP contribution < -0.4 is 0 Å². The van der Waals surface area contributed by atoms with Gasteiger partial charge < -0.3 is 9.67 Å². The summed E-state index contributed by atoms with van der Waals surface area (Å²) in [5.41, 5.74) is 1.22. The molecular weight excluding hydrogens is 192 g/mol. The van der Waals surface area contributed by atoms with Crippen molar-refractivity contribution in [3.63, 3.8) is 0 Å². The lowest BCUT2D eigenvalue weighted by Gasteiger charge is -2.12. The van der Waals surface area contributed by atoms with E-state index in [0.29, 0.717) is 12.5 Å². The van der Waals surface area contributed by atoms with Crippen LogP contribution in [0.5, 0.6) is 0 Å². The third-order valence-corrected chi connectivity index (χ3v) is 3.08. The number of hydrogen-bond acceptors (Lipinski definition) is 2. The molecule has 82 valence electrons. The Morgan fingerprint density at radius 2 is 2.27 bits per heavy atom. The lowest BCUT2D eigenvalue weighted by molar-refractivity contribution is -0.137. The van der Waals surface area contributed by atoms with Crippen LogP contribution in [0.4, 0.5) is 0 Å². The molecule has 0 unspecified atom stereocenters. The maximum absolute atomic E-state index is 10.5. The highest BCUT2D eigenvalue weighted by Crippen LogP contribution is 2.33. The Bertz CT molecular complexity index is 340. The van der Waals surface area contributed by atoms with Crippen molar-refractivity contribution in [1.29, 1.82) is 0 Å². The lowest BCUT2D eigenvalue weighted by atomic mass is 10.0. The molecule has 1 heterocycles. The van der Waals surface area contributed by atoms with E-state index in [0.717, 1.165) is 0 Å². The number of aliphatic carboxylic acids is 1. The fraction of sp³-hybridized carbons (Fsp3) is 0.636. The summed E-state index contributed by atoms with van der Waals surface area (Å²) in [6.07, 6.45) is 8.82. The van der Waals surface area contributed by atoms with Crippen molar-refractivity contribution >= 4 is 5.97 Å². The molecule has 4 nitrogen and oxygen atoms in total. The number of carboxylic acid groups (broad SMARTS) is 1. The van der Waals surface area contributed by atoms with Crippen LogP contribution in [0.1, 0.15) is 43.7 Å². The maximum Gasteiger partial charge on any atom is 0.305 e. The fourth-order valence-electron chi connectivity index (χ4n) is 2.30. The van der Waals surface area contributed by atoms with E-state index in [1.165, 1.54) is 31.4 Å². The fourth-order valence-corrected chi connectivity index (χ4v) is 2.30. The molecule has 2 rings (SSSR count). The zero-order valence-electron chi connectivity index (χ0n) is 8.72. The topological polar surface area (TPSA) is 55.1 Å². The van der Waals surface area contributed by atoms with Gasteiger partial charge in [-0.3, -0.25) is 4.79 Å². The molecule has 0 spiro atoms. The van der Waals surface area contributed by atoms with E-state index in [1.807, 2.05) is 10.8 Å². The first kappa shape index (κ1) is 10.2. The molecule has 1 aliphatic rings. The summed E-state index contributed by atoms with van der Waals surface area (Å²) in [6.45, 7) is 0.543. The SMILES string of the molecule is O=C(O)CCn1cncc1C1CCCC1. The smallest absolute Gasteiger partial charge is 0.305 e. The number of carboxylic acids is 1. The van der Waals surface area contributed by atoms with Gasteiger partial charge in [0.1, 0.15) is 0 Å². The van der Waals surface area contributed by atoms with E-state index in [-0.39, 0.29) is 6.42 Å². The van der Waals surface area contributed by atoms with Crippen molar-refractivity contribution in [3.8, 4) is 0 Å². The number of nitrogens with zero attached hydrogens (tertiary/aromatic N) is 2. The molecule has 0 bridgehead atoms. The van der Waals surface area contributed by atoms with E-state index in [2.05, 4.69) is 4.98 Å². The summed E-state index contributed by atoms with van der Waals surface area (Å²) in [4.78, 5) is 14.6. The average molecular weight is 208 g/mol. The van der Waals surface area contributed by atoms with Gasteiger partial charge in [0.15, 0.2) is 0 Å². The second-order valence-corrected chi connectivity index (χ2v) is 4.14. The molecular formula is C11H16N2O2. The van der Waals surface area contributed by atoms with E-state index in [9.17, 15) is 4.79 Å². The van der Waals surface area contributed by atoms with Crippen LogP contribution in [-0.2, 0) is 11.3 Å². The first-order valence-electron chi connectivity index (χ1n) is 5.49. The number of carbonyl (C=O) groups is 1. The number of aryl methyl sites for hydroxylation is 1. The van der Waals surface area contributed by atoms with Crippen LogP contribution in [0.15, 0.2) is 12.5 Å². The molecule has 0 saturated heterocycles. The lowest BCUT2D eigenvalue weighted by Crippen LogP contribution is -2.08. The number of rotatable bonds is 4. The minimum atomic E-state index is -0.749. The van der Waals surface area contributed by atoms with Crippen LogP contribution in [0.3, 0.4) is 0 Å². The van der Waals surface area contributed by atoms with Gasteiger partial charge in [0.2, 0.25) is 0 Å². The van der Waals surface area contributed by atoms with Gasteiger partial charge in [-0.05, 0) is 12.8 Å². The monoisotopic (exact) mass is 208 g/mol. The Hall–Kier alpha value is -1.32. The van der Waals surface area contributed by atoms with Crippen LogP contribution >= 0.6 is 0 Å².